The molecule has 130 valence electrons. The maximum absolute atomic E-state index is 6.47. The molecule has 1 atom stereocenters. The molecule has 0 N–H and O–H groups in total. The Labute approximate surface area is 186 Å². The second-order valence-electron chi connectivity index (χ2n) is 6.20. The summed E-state index contributed by atoms with van der Waals surface area (Å²) < 4.78 is 2.84. The van der Waals surface area contributed by atoms with E-state index in [2.05, 4.69) is 60.7 Å². The molecule has 2 aromatic rings. The summed E-state index contributed by atoms with van der Waals surface area (Å²) >= 11 is 6.00. The zero-order chi connectivity index (χ0) is 16.3. The van der Waals surface area contributed by atoms with Gasteiger partial charge in [-0.15, -0.1) is 0 Å². The molecule has 0 nitrogen and oxygen atoms in total. The van der Waals surface area contributed by atoms with Crippen LogP contribution in [0, 0.1) is 0 Å². The molecule has 3 aliphatic rings. The molecular weight excluding hydrogens is 502 g/mol. The minimum absolute atomic E-state index is 0. The number of halogens is 3. The predicted octanol–water partition coefficient (Wildman–Crippen LogP) is -0.359. The van der Waals surface area contributed by atoms with Crippen molar-refractivity contribution in [3.05, 3.63) is 87.3 Å². The van der Waals surface area contributed by atoms with E-state index in [-0.39, 0.29) is 24.8 Å². The van der Waals surface area contributed by atoms with Crippen LogP contribution in [0.3, 0.4) is 0 Å². The van der Waals surface area contributed by atoms with Gasteiger partial charge in [0.1, 0.15) is 0 Å². The summed E-state index contributed by atoms with van der Waals surface area (Å²) in [4.78, 5) is 0. The Hall–Kier alpha value is -0.0169. The van der Waals surface area contributed by atoms with Gasteiger partial charge in [-0.1, -0.05) is 0 Å². The van der Waals surface area contributed by atoms with Crippen LogP contribution < -0.4 is 28.1 Å². The maximum atomic E-state index is 6.47. The van der Waals surface area contributed by atoms with Crippen LogP contribution in [-0.2, 0) is 26.1 Å². The fourth-order valence-corrected chi connectivity index (χ4v) is 14.8. The van der Waals surface area contributed by atoms with Crippen LogP contribution in [0.25, 0.3) is 11.1 Å². The second kappa shape index (κ2) is 8.15. The molecule has 1 heterocycles. The molecule has 1 unspecified atom stereocenters. The van der Waals surface area contributed by atoms with Gasteiger partial charge in [0.15, 0.2) is 0 Å². The molecule has 6 heteroatoms. The average molecular weight is 515 g/mol. The topological polar surface area (TPSA) is 0 Å². The normalized spacial score (nSPS) is 18.2. The van der Waals surface area contributed by atoms with Crippen molar-refractivity contribution in [3.63, 3.8) is 0 Å². The van der Waals surface area contributed by atoms with E-state index in [4.69, 9.17) is 20.5 Å². The number of hydrogen-bond acceptors (Lipinski definition) is 2. The van der Waals surface area contributed by atoms with Gasteiger partial charge in [-0.2, -0.15) is 0 Å². The summed E-state index contributed by atoms with van der Waals surface area (Å²) in [6.07, 6.45) is 7.48. The number of rotatable bonds is 2. The van der Waals surface area contributed by atoms with Gasteiger partial charge in [0.05, 0.1) is 0 Å². The van der Waals surface area contributed by atoms with Gasteiger partial charge in [0.25, 0.3) is 0 Å². The quantitative estimate of drug-likeness (QED) is 0.458. The monoisotopic (exact) mass is 512 g/mol. The molecule has 0 bridgehead atoms. The van der Waals surface area contributed by atoms with E-state index < -0.39 is 19.7 Å². The fourth-order valence-electron chi connectivity index (χ4n) is 3.80. The number of fused-ring (bicyclic) bond motifs is 4. The number of hydrogen-bond donors (Lipinski definition) is 0. The van der Waals surface area contributed by atoms with Crippen molar-refractivity contribution in [2.45, 2.75) is 9.38 Å². The number of benzene rings is 2. The first-order valence-corrected chi connectivity index (χ1v) is 15.3. The molecule has 0 saturated carbocycles. The Balaban J connectivity index is 0.000000980. The molecule has 0 aromatic heterocycles. The fraction of sp³-hybridized carbons (Fsp3) is 0.100. The molecular formula is C20H13Cl3S2Zr. The van der Waals surface area contributed by atoms with Crippen LogP contribution in [-0.4, -0.2) is 2.96 Å². The predicted molar refractivity (Wildman–Crippen MR) is 103 cm³/mol. The molecule has 26 heavy (non-hydrogen) atoms. The first-order valence-electron chi connectivity index (χ1n) is 7.93. The summed E-state index contributed by atoms with van der Waals surface area (Å²) in [5, 5.41) is 0. The van der Waals surface area contributed by atoms with E-state index in [1.807, 2.05) is 0 Å². The van der Waals surface area contributed by atoms with Gasteiger partial charge >= 0.3 is 163 Å². The van der Waals surface area contributed by atoms with Crippen molar-refractivity contribution in [3.8, 4) is 11.1 Å². The average Bonchev–Trinajstić information content (AvgIpc) is 3.29. The zero-order valence-electron chi connectivity index (χ0n) is 13.5. The van der Waals surface area contributed by atoms with Crippen molar-refractivity contribution in [1.29, 1.82) is 0 Å². The van der Waals surface area contributed by atoms with Crippen molar-refractivity contribution in [2.75, 3.05) is 0 Å². The number of allylic oxidation sites excluding steroid dienone is 4. The van der Waals surface area contributed by atoms with Crippen LogP contribution in [0.4, 0.5) is 0 Å². The summed E-state index contributed by atoms with van der Waals surface area (Å²) in [7, 11) is 6.21. The third-order valence-corrected chi connectivity index (χ3v) is 16.5. The molecule has 0 saturated heterocycles. The Morgan fingerprint density at radius 2 is 1.81 bits per heavy atom. The van der Waals surface area contributed by atoms with Crippen LogP contribution in [0.5, 0.6) is 0 Å². The summed E-state index contributed by atoms with van der Waals surface area (Å²) in [6, 6.07) is 15.5. The molecule has 0 radical (unpaired) electrons. The Morgan fingerprint density at radius 3 is 2.65 bits per heavy atom. The first kappa shape index (κ1) is 20.7. The van der Waals surface area contributed by atoms with Gasteiger partial charge in [-0.25, -0.2) is 0 Å². The van der Waals surface area contributed by atoms with Gasteiger partial charge in [0.2, 0.25) is 0 Å². The summed E-state index contributed by atoms with van der Waals surface area (Å²) in [5.74, 6) is 0. The SMILES string of the molecule is [Cl-].[Cl-].[S]=[Zr+2]([c]1cccc2c1Cc1ccccc1-2)[CH]1SC(Cl)=C2C=CC=C21. The second-order valence-corrected chi connectivity index (χ2v) is 16.1. The van der Waals surface area contributed by atoms with E-state index in [1.54, 1.807) is 11.8 Å². The standard InChI is InChI=1S/C13H9.C7H4ClS.2ClH.S.Zr/c1-3-7-12-10(5-1)9-11-6-2-4-8-13(11)12;8-7-6-3-1-2-5(6)4-9-7;;;;/h1-5,7-8H,9H2;1-4H;2*1H;;/q;;;;;+2/p-2. The molecule has 5 rings (SSSR count). The zero-order valence-corrected chi connectivity index (χ0v) is 19.9. The Morgan fingerprint density at radius 1 is 1.04 bits per heavy atom. The van der Waals surface area contributed by atoms with Crippen LogP contribution in [0.2, 0.25) is 0 Å². The van der Waals surface area contributed by atoms with Gasteiger partial charge in [-0.3, -0.25) is 0 Å². The van der Waals surface area contributed by atoms with Crippen molar-refractivity contribution in [1.82, 2.24) is 0 Å². The third kappa shape index (κ3) is 3.19. The Kier molecular flexibility index (Phi) is 6.49. The molecule has 0 amide bonds. The van der Waals surface area contributed by atoms with Crippen molar-refractivity contribution >= 4 is 35.5 Å². The number of thioether (sulfide) groups is 1. The van der Waals surface area contributed by atoms with Gasteiger partial charge < -0.3 is 24.8 Å². The molecule has 2 aliphatic carbocycles. The van der Waals surface area contributed by atoms with E-state index in [0.29, 0.717) is 2.96 Å². The van der Waals surface area contributed by atoms with E-state index in [1.165, 1.54) is 36.7 Å². The molecule has 1 aliphatic heterocycles. The van der Waals surface area contributed by atoms with Crippen LogP contribution in [0.1, 0.15) is 11.1 Å². The minimum atomic E-state index is -2.26. The van der Waals surface area contributed by atoms with Gasteiger partial charge in [-0.05, 0) is 0 Å². The van der Waals surface area contributed by atoms with E-state index in [9.17, 15) is 0 Å². The molecule has 2 aromatic carbocycles. The Bertz CT molecular complexity index is 1010. The van der Waals surface area contributed by atoms with Crippen LogP contribution >= 0.6 is 32.2 Å². The third-order valence-electron chi connectivity index (χ3n) is 4.92. The van der Waals surface area contributed by atoms with Gasteiger partial charge in [0, 0.05) is 0 Å². The van der Waals surface area contributed by atoms with Crippen molar-refractivity contribution in [2.24, 2.45) is 0 Å². The van der Waals surface area contributed by atoms with Crippen LogP contribution in [0.15, 0.2) is 76.2 Å². The van der Waals surface area contributed by atoms with E-state index in [0.717, 1.165) is 10.8 Å². The van der Waals surface area contributed by atoms with Crippen molar-refractivity contribution < 1.29 is 44.5 Å². The molecule has 0 fully saturated rings. The summed E-state index contributed by atoms with van der Waals surface area (Å²) in [5.41, 5.74) is 8.29. The summed E-state index contributed by atoms with van der Waals surface area (Å²) in [6.45, 7) is 0. The molecule has 0 spiro atoms. The van der Waals surface area contributed by atoms with E-state index >= 15 is 0 Å². The first-order chi connectivity index (χ1) is 11.7.